The van der Waals surface area contributed by atoms with Crippen LogP contribution in [0.15, 0.2) is 0 Å². The minimum Gasteiger partial charge on any atom is -0.302 e. The van der Waals surface area contributed by atoms with Gasteiger partial charge in [0.25, 0.3) is 0 Å². The highest BCUT2D eigenvalue weighted by Crippen LogP contribution is 2.12. The van der Waals surface area contributed by atoms with Crippen molar-refractivity contribution in [3.05, 3.63) is 0 Å². The summed E-state index contributed by atoms with van der Waals surface area (Å²) in [4.78, 5) is 2.59. The van der Waals surface area contributed by atoms with Crippen molar-refractivity contribution in [1.82, 2.24) is 4.90 Å². The third-order valence-corrected chi connectivity index (χ3v) is 4.35. The molecule has 72 valence electrons. The first-order valence-corrected chi connectivity index (χ1v) is 6.96. The molecule has 0 amide bonds. The lowest BCUT2D eigenvalue weighted by Crippen LogP contribution is -2.34. The van der Waals surface area contributed by atoms with E-state index < -0.39 is 0 Å². The van der Waals surface area contributed by atoms with Gasteiger partial charge in [0, 0.05) is 29.9 Å². The average Bonchev–Trinajstić information content (AvgIpc) is 2.16. The highest BCUT2D eigenvalue weighted by molar-refractivity contribution is 9.09. The van der Waals surface area contributed by atoms with Crippen molar-refractivity contribution in [3.8, 4) is 0 Å². The number of rotatable bonds is 4. The largest absolute Gasteiger partial charge is 0.302 e. The molecule has 1 unspecified atom stereocenters. The Labute approximate surface area is 88.4 Å². The fourth-order valence-corrected chi connectivity index (χ4v) is 2.61. The van der Waals surface area contributed by atoms with E-state index in [1.165, 1.54) is 37.6 Å². The predicted molar refractivity (Wildman–Crippen MR) is 61.3 cm³/mol. The molecule has 0 spiro atoms. The lowest BCUT2D eigenvalue weighted by Gasteiger charge is -2.26. The maximum absolute atomic E-state index is 3.52. The zero-order valence-electron chi connectivity index (χ0n) is 7.76. The van der Waals surface area contributed by atoms with E-state index in [9.17, 15) is 0 Å². The van der Waals surface area contributed by atoms with Crippen LogP contribution in [0, 0.1) is 5.92 Å². The molecule has 0 N–H and O–H groups in total. The normalized spacial score (nSPS) is 22.5. The van der Waals surface area contributed by atoms with E-state index in [-0.39, 0.29) is 0 Å². The van der Waals surface area contributed by atoms with Crippen molar-refractivity contribution in [1.29, 1.82) is 0 Å². The zero-order valence-corrected chi connectivity index (χ0v) is 10.2. The van der Waals surface area contributed by atoms with Crippen LogP contribution in [0.1, 0.15) is 13.3 Å². The molecule has 1 aliphatic rings. The van der Waals surface area contributed by atoms with Crippen molar-refractivity contribution in [2.75, 3.05) is 36.5 Å². The number of hydrogen-bond acceptors (Lipinski definition) is 2. The lowest BCUT2D eigenvalue weighted by atomic mass is 10.1. The van der Waals surface area contributed by atoms with E-state index in [4.69, 9.17) is 0 Å². The van der Waals surface area contributed by atoms with E-state index in [0.29, 0.717) is 0 Å². The molecule has 0 aliphatic carbocycles. The second-order valence-electron chi connectivity index (χ2n) is 3.50. The van der Waals surface area contributed by atoms with Crippen LogP contribution >= 0.6 is 27.7 Å². The van der Waals surface area contributed by atoms with Gasteiger partial charge in [-0.1, -0.05) is 22.9 Å². The predicted octanol–water partition coefficient (Wildman–Crippen LogP) is 2.46. The molecule has 1 atom stereocenters. The molecule has 0 aromatic carbocycles. The lowest BCUT2D eigenvalue weighted by molar-refractivity contribution is 0.284. The van der Waals surface area contributed by atoms with Gasteiger partial charge in [-0.2, -0.15) is 11.8 Å². The van der Waals surface area contributed by atoms with Crippen LogP contribution in [0.2, 0.25) is 0 Å². The van der Waals surface area contributed by atoms with Gasteiger partial charge >= 0.3 is 0 Å². The Kier molecular flexibility index (Phi) is 5.68. The van der Waals surface area contributed by atoms with Gasteiger partial charge in [-0.05, 0) is 18.9 Å². The number of nitrogens with zero attached hydrogens (tertiary/aromatic N) is 1. The minimum absolute atomic E-state index is 0.833. The van der Waals surface area contributed by atoms with Crippen LogP contribution in [0.5, 0.6) is 0 Å². The Morgan fingerprint density at radius 3 is 2.67 bits per heavy atom. The standard InChI is InChI=1S/C9H18BrNS/c1-9(8-10)2-3-11-4-6-12-7-5-11/h9H,2-8H2,1H3. The molecule has 0 bridgehead atoms. The molecule has 3 heteroatoms. The fourth-order valence-electron chi connectivity index (χ4n) is 1.30. The van der Waals surface area contributed by atoms with Crippen molar-refractivity contribution in [2.24, 2.45) is 5.92 Å². The minimum atomic E-state index is 0.833. The summed E-state index contributed by atoms with van der Waals surface area (Å²) in [6.45, 7) is 6.22. The third kappa shape index (κ3) is 4.15. The van der Waals surface area contributed by atoms with E-state index in [2.05, 4.69) is 39.5 Å². The summed E-state index contributed by atoms with van der Waals surface area (Å²) in [5.74, 6) is 3.50. The van der Waals surface area contributed by atoms with Crippen LogP contribution in [0.4, 0.5) is 0 Å². The number of thioether (sulfide) groups is 1. The molecule has 1 fully saturated rings. The molecule has 1 saturated heterocycles. The molecule has 0 aromatic rings. The molecule has 12 heavy (non-hydrogen) atoms. The van der Waals surface area contributed by atoms with Crippen molar-refractivity contribution >= 4 is 27.7 Å². The summed E-state index contributed by atoms with van der Waals surface area (Å²) in [6.07, 6.45) is 1.34. The summed E-state index contributed by atoms with van der Waals surface area (Å²) in [5.41, 5.74) is 0. The molecular formula is C9H18BrNS. The molecule has 0 aromatic heterocycles. The van der Waals surface area contributed by atoms with E-state index in [1.807, 2.05) is 0 Å². The van der Waals surface area contributed by atoms with Gasteiger partial charge in [0.05, 0.1) is 0 Å². The Hall–Kier alpha value is 0.790. The SMILES string of the molecule is CC(CBr)CCN1CCSCC1. The molecule has 0 saturated carbocycles. The van der Waals surface area contributed by atoms with Crippen LogP contribution < -0.4 is 0 Å². The van der Waals surface area contributed by atoms with Crippen LogP contribution in [-0.4, -0.2) is 41.4 Å². The highest BCUT2D eigenvalue weighted by atomic mass is 79.9. The Balaban J connectivity index is 2.05. The monoisotopic (exact) mass is 251 g/mol. The average molecular weight is 252 g/mol. The third-order valence-electron chi connectivity index (χ3n) is 2.31. The smallest absolute Gasteiger partial charge is 0.00727 e. The first kappa shape index (κ1) is 10.9. The molecular weight excluding hydrogens is 234 g/mol. The Morgan fingerprint density at radius 1 is 1.42 bits per heavy atom. The molecule has 1 nitrogen and oxygen atoms in total. The maximum atomic E-state index is 3.52. The molecule has 1 heterocycles. The maximum Gasteiger partial charge on any atom is 0.00727 e. The van der Waals surface area contributed by atoms with Gasteiger partial charge in [0.1, 0.15) is 0 Å². The molecule has 1 rings (SSSR count). The van der Waals surface area contributed by atoms with Crippen molar-refractivity contribution < 1.29 is 0 Å². The van der Waals surface area contributed by atoms with Gasteiger partial charge in [-0.15, -0.1) is 0 Å². The first-order valence-electron chi connectivity index (χ1n) is 4.69. The summed E-state index contributed by atoms with van der Waals surface area (Å²) in [5, 5.41) is 1.15. The number of alkyl halides is 1. The number of hydrogen-bond donors (Lipinski definition) is 0. The summed E-state index contributed by atoms with van der Waals surface area (Å²) >= 11 is 5.60. The fraction of sp³-hybridized carbons (Fsp3) is 1.00. The second kappa shape index (κ2) is 6.28. The van der Waals surface area contributed by atoms with Crippen molar-refractivity contribution in [2.45, 2.75) is 13.3 Å². The highest BCUT2D eigenvalue weighted by Gasteiger charge is 2.10. The van der Waals surface area contributed by atoms with Crippen LogP contribution in [0.25, 0.3) is 0 Å². The topological polar surface area (TPSA) is 3.24 Å². The van der Waals surface area contributed by atoms with Crippen LogP contribution in [-0.2, 0) is 0 Å². The van der Waals surface area contributed by atoms with E-state index in [0.717, 1.165) is 11.2 Å². The zero-order chi connectivity index (χ0) is 8.81. The summed E-state index contributed by atoms with van der Waals surface area (Å²) in [7, 11) is 0. The van der Waals surface area contributed by atoms with Gasteiger partial charge in [-0.25, -0.2) is 0 Å². The van der Waals surface area contributed by atoms with Crippen molar-refractivity contribution in [3.63, 3.8) is 0 Å². The van der Waals surface area contributed by atoms with Crippen LogP contribution in [0.3, 0.4) is 0 Å². The van der Waals surface area contributed by atoms with E-state index in [1.54, 1.807) is 0 Å². The number of halogens is 1. The quantitative estimate of drug-likeness (QED) is 0.707. The summed E-state index contributed by atoms with van der Waals surface area (Å²) < 4.78 is 0. The second-order valence-corrected chi connectivity index (χ2v) is 5.37. The van der Waals surface area contributed by atoms with Gasteiger partial charge in [0.2, 0.25) is 0 Å². The molecule has 1 aliphatic heterocycles. The van der Waals surface area contributed by atoms with Gasteiger partial charge < -0.3 is 4.90 Å². The molecule has 0 radical (unpaired) electrons. The first-order chi connectivity index (χ1) is 5.83. The summed E-state index contributed by atoms with van der Waals surface area (Å²) in [6, 6.07) is 0. The Bertz CT molecular complexity index is 115. The Morgan fingerprint density at radius 2 is 2.08 bits per heavy atom. The van der Waals surface area contributed by atoms with E-state index >= 15 is 0 Å². The van der Waals surface area contributed by atoms with Gasteiger partial charge in [0.15, 0.2) is 0 Å². The van der Waals surface area contributed by atoms with Gasteiger partial charge in [-0.3, -0.25) is 0 Å².